The van der Waals surface area contributed by atoms with E-state index in [2.05, 4.69) is 35.9 Å². The lowest BCUT2D eigenvalue weighted by Gasteiger charge is -2.16. The predicted molar refractivity (Wildman–Crippen MR) is 156 cm³/mol. The van der Waals surface area contributed by atoms with E-state index in [1.54, 1.807) is 20.1 Å². The van der Waals surface area contributed by atoms with Crippen molar-refractivity contribution >= 4 is 39.9 Å². The number of ether oxygens (including phenoxy) is 2. The second-order valence-electron chi connectivity index (χ2n) is 9.68. The van der Waals surface area contributed by atoms with Crippen LogP contribution in [0.4, 0.5) is 0 Å². The van der Waals surface area contributed by atoms with Gasteiger partial charge >= 0.3 is 5.97 Å². The maximum atomic E-state index is 12.2. The molecule has 5 aromatic rings. The average molecular weight is 557 g/mol. The van der Waals surface area contributed by atoms with Crippen molar-refractivity contribution in [2.24, 2.45) is 0 Å². The first-order valence-electron chi connectivity index (χ1n) is 12.8. The lowest BCUT2D eigenvalue weighted by molar-refractivity contribution is 0.0526. The molecule has 0 saturated carbocycles. The van der Waals surface area contributed by atoms with E-state index < -0.39 is 0 Å². The van der Waals surface area contributed by atoms with E-state index >= 15 is 0 Å². The predicted octanol–water partition coefficient (Wildman–Crippen LogP) is 8.32. The van der Waals surface area contributed by atoms with Crippen molar-refractivity contribution in [3.63, 3.8) is 0 Å². The zero-order chi connectivity index (χ0) is 27.3. The summed E-state index contributed by atoms with van der Waals surface area (Å²) in [7, 11) is 1.68. The van der Waals surface area contributed by atoms with E-state index in [0.29, 0.717) is 28.6 Å². The van der Waals surface area contributed by atoms with Crippen molar-refractivity contribution in [1.29, 1.82) is 0 Å². The van der Waals surface area contributed by atoms with Gasteiger partial charge in [-0.2, -0.15) is 5.10 Å². The minimum Gasteiger partial charge on any atom is -0.497 e. The Labute approximate surface area is 236 Å². The normalized spacial score (nSPS) is 13.8. The van der Waals surface area contributed by atoms with Crippen molar-refractivity contribution < 1.29 is 14.3 Å². The van der Waals surface area contributed by atoms with Crippen LogP contribution in [0.5, 0.6) is 5.75 Å². The molecule has 0 N–H and O–H groups in total. The van der Waals surface area contributed by atoms with Crippen molar-refractivity contribution in [2.45, 2.75) is 26.3 Å². The van der Waals surface area contributed by atoms with Gasteiger partial charge in [0, 0.05) is 26.7 Å². The van der Waals surface area contributed by atoms with E-state index in [1.165, 1.54) is 11.1 Å². The second kappa shape index (κ2) is 10.1. The molecule has 4 aromatic carbocycles. The Hall–Kier alpha value is -3.80. The third-order valence-electron chi connectivity index (χ3n) is 7.33. The highest BCUT2D eigenvalue weighted by Gasteiger charge is 2.34. The van der Waals surface area contributed by atoms with Gasteiger partial charge in [0.2, 0.25) is 0 Å². The number of fused-ring (bicyclic) bond motifs is 5. The largest absolute Gasteiger partial charge is 0.497 e. The van der Waals surface area contributed by atoms with Crippen LogP contribution in [0, 0.1) is 6.92 Å². The third-order valence-corrected chi connectivity index (χ3v) is 7.76. The van der Waals surface area contributed by atoms with E-state index in [-0.39, 0.29) is 12.0 Å². The molecule has 1 aliphatic heterocycles. The van der Waals surface area contributed by atoms with E-state index in [0.717, 1.165) is 44.6 Å². The zero-order valence-corrected chi connectivity index (χ0v) is 23.3. The van der Waals surface area contributed by atoms with Gasteiger partial charge in [-0.3, -0.25) is 4.68 Å². The molecule has 2 heterocycles. The molecule has 1 atom stereocenters. The number of carbonyl (C=O) groups excluding carboxylic acids is 1. The molecular weight excluding hydrogens is 531 g/mol. The smallest absolute Gasteiger partial charge is 0.338 e. The highest BCUT2D eigenvalue weighted by atomic mass is 35.5. The summed E-state index contributed by atoms with van der Waals surface area (Å²) in [4.78, 5) is 12.2. The Kier molecular flexibility index (Phi) is 6.57. The summed E-state index contributed by atoms with van der Waals surface area (Å²) >= 11 is 12.7. The van der Waals surface area contributed by atoms with Gasteiger partial charge in [-0.15, -0.1) is 0 Å². The van der Waals surface area contributed by atoms with Crippen LogP contribution < -0.4 is 4.74 Å². The van der Waals surface area contributed by atoms with Gasteiger partial charge < -0.3 is 9.47 Å². The molecule has 1 aliphatic rings. The summed E-state index contributed by atoms with van der Waals surface area (Å²) in [5.41, 5.74) is 7.92. The maximum absolute atomic E-state index is 12.2. The number of esters is 1. The number of hydrogen-bond donors (Lipinski definition) is 0. The zero-order valence-electron chi connectivity index (χ0n) is 21.8. The minimum absolute atomic E-state index is 0.0305. The minimum atomic E-state index is -0.313. The first-order chi connectivity index (χ1) is 18.9. The molecule has 0 saturated heterocycles. The Morgan fingerprint density at radius 3 is 2.41 bits per heavy atom. The molecule has 0 spiro atoms. The van der Waals surface area contributed by atoms with Gasteiger partial charge in [0.05, 0.1) is 36.7 Å². The Morgan fingerprint density at radius 1 is 0.974 bits per heavy atom. The van der Waals surface area contributed by atoms with Crippen molar-refractivity contribution in [1.82, 2.24) is 9.78 Å². The third kappa shape index (κ3) is 4.46. The van der Waals surface area contributed by atoms with Crippen LogP contribution in [-0.4, -0.2) is 29.5 Å². The van der Waals surface area contributed by atoms with E-state index in [4.69, 9.17) is 37.8 Å². The van der Waals surface area contributed by atoms with Gasteiger partial charge in [0.1, 0.15) is 5.75 Å². The maximum Gasteiger partial charge on any atom is 0.338 e. The van der Waals surface area contributed by atoms with Gasteiger partial charge in [-0.05, 0) is 84.6 Å². The number of hydrogen-bond acceptors (Lipinski definition) is 4. The number of halogens is 2. The lowest BCUT2D eigenvalue weighted by Crippen LogP contribution is -2.11. The van der Waals surface area contributed by atoms with Gasteiger partial charge in [-0.25, -0.2) is 4.79 Å². The summed E-state index contributed by atoms with van der Waals surface area (Å²) in [6.45, 7) is 4.26. The van der Waals surface area contributed by atoms with Crippen molar-refractivity contribution in [2.75, 3.05) is 13.7 Å². The number of aromatic nitrogens is 2. The summed E-state index contributed by atoms with van der Waals surface area (Å²) in [5.74, 6) is 0.505. The lowest BCUT2D eigenvalue weighted by atomic mass is 9.91. The van der Waals surface area contributed by atoms with Crippen LogP contribution in [0.3, 0.4) is 0 Å². The number of benzene rings is 4. The highest BCUT2D eigenvalue weighted by Crippen LogP contribution is 2.48. The molecule has 7 heteroatoms. The fraction of sp³-hybridized carbons (Fsp3) is 0.188. The molecular formula is C32H26Cl2N2O3. The van der Waals surface area contributed by atoms with Gasteiger partial charge in [0.25, 0.3) is 0 Å². The Morgan fingerprint density at radius 2 is 1.72 bits per heavy atom. The fourth-order valence-electron chi connectivity index (χ4n) is 5.55. The van der Waals surface area contributed by atoms with Crippen molar-refractivity contribution in [3.05, 3.63) is 105 Å². The van der Waals surface area contributed by atoms with Crippen LogP contribution in [0.1, 0.15) is 40.0 Å². The summed E-state index contributed by atoms with van der Waals surface area (Å²) in [5, 5.41) is 8.54. The van der Waals surface area contributed by atoms with Gasteiger partial charge in [0.15, 0.2) is 0 Å². The molecule has 0 fully saturated rings. The standard InChI is InChI=1S/C32H26Cl2N2O3/c1-4-39-32(37)20-7-5-19(6-8-20)13-28-27-11-9-21-16-25(38-3)10-12-26(21)29(27)31-18(2)30(35-36(28)31)22-14-23(33)17-24(34)15-22/h5-12,14-17,28H,4,13H2,1-3H3. The SMILES string of the molecule is CCOC(=O)c1ccc(CC2c3ccc4cc(OC)ccc4c3-c3c(C)c(-c4cc(Cl)cc(Cl)c4)nn32)cc1. The molecule has 0 radical (unpaired) electrons. The Balaban J connectivity index is 1.50. The quantitative estimate of drug-likeness (QED) is 0.197. The first kappa shape index (κ1) is 25.5. The molecule has 0 aliphatic carbocycles. The summed E-state index contributed by atoms with van der Waals surface area (Å²) in [6.07, 6.45) is 0.710. The molecule has 39 heavy (non-hydrogen) atoms. The molecule has 196 valence electrons. The van der Waals surface area contributed by atoms with E-state index in [1.807, 2.05) is 42.5 Å². The van der Waals surface area contributed by atoms with Crippen molar-refractivity contribution in [3.8, 4) is 28.3 Å². The van der Waals surface area contributed by atoms with Gasteiger partial charge in [-0.1, -0.05) is 53.5 Å². The first-order valence-corrected chi connectivity index (χ1v) is 13.6. The van der Waals surface area contributed by atoms with Crippen LogP contribution in [0.25, 0.3) is 33.3 Å². The second-order valence-corrected chi connectivity index (χ2v) is 10.6. The topological polar surface area (TPSA) is 53.4 Å². The molecule has 1 unspecified atom stereocenters. The average Bonchev–Trinajstić information content (AvgIpc) is 3.42. The monoisotopic (exact) mass is 556 g/mol. The fourth-order valence-corrected chi connectivity index (χ4v) is 6.07. The molecule has 6 rings (SSSR count). The van der Waals surface area contributed by atoms with Crippen LogP contribution in [-0.2, 0) is 11.2 Å². The van der Waals surface area contributed by atoms with Crippen LogP contribution in [0.15, 0.2) is 72.8 Å². The number of methoxy groups -OCH3 is 1. The molecule has 0 amide bonds. The summed E-state index contributed by atoms with van der Waals surface area (Å²) < 4.78 is 12.8. The highest BCUT2D eigenvalue weighted by molar-refractivity contribution is 6.35. The summed E-state index contributed by atoms with van der Waals surface area (Å²) in [6, 6.07) is 23.6. The Bertz CT molecular complexity index is 1720. The number of nitrogens with zero attached hydrogens (tertiary/aromatic N) is 2. The van der Waals surface area contributed by atoms with Crippen LogP contribution >= 0.6 is 23.2 Å². The molecule has 0 bridgehead atoms. The van der Waals surface area contributed by atoms with E-state index in [9.17, 15) is 4.79 Å². The number of carbonyl (C=O) groups is 1. The molecule has 5 nitrogen and oxygen atoms in total. The van der Waals surface area contributed by atoms with Crippen LogP contribution in [0.2, 0.25) is 10.0 Å². The number of rotatable bonds is 6. The molecule has 1 aromatic heterocycles.